The predicted molar refractivity (Wildman–Crippen MR) is 123 cm³/mol. The monoisotopic (exact) mass is 440 g/mol. The average Bonchev–Trinajstić information content (AvgIpc) is 3.33. The molecule has 2 heterocycles. The number of carbonyl (C=O) groups is 1. The van der Waals surface area contributed by atoms with E-state index in [0.29, 0.717) is 6.54 Å². The largest absolute Gasteiger partial charge is 0.396 e. The van der Waals surface area contributed by atoms with E-state index < -0.39 is 23.6 Å². The third kappa shape index (κ3) is 4.85. The zero-order valence-electron chi connectivity index (χ0n) is 18.5. The van der Waals surface area contributed by atoms with E-state index >= 15 is 0 Å². The summed E-state index contributed by atoms with van der Waals surface area (Å²) in [6, 6.07) is 17.7. The molecule has 2 aromatic carbocycles. The van der Waals surface area contributed by atoms with Crippen molar-refractivity contribution >= 4 is 16.8 Å². The Morgan fingerprint density at radius 1 is 1.16 bits per heavy atom. The first-order chi connectivity index (χ1) is 15.4. The molecule has 0 bridgehead atoms. The molecular weight excluding hydrogens is 408 g/mol. The Balaban J connectivity index is 0.000000238. The minimum absolute atomic E-state index is 0.279. The van der Waals surface area contributed by atoms with Crippen molar-refractivity contribution in [3.8, 4) is 0 Å². The van der Waals surface area contributed by atoms with Crippen molar-refractivity contribution in [3.05, 3.63) is 71.9 Å². The number of aromatic nitrogens is 1. The Morgan fingerprint density at radius 3 is 2.47 bits per heavy atom. The number of amides is 1. The number of nitrogens with two attached hydrogens (primary N) is 1. The number of nitrogens with one attached hydrogen (secondary N) is 2. The summed E-state index contributed by atoms with van der Waals surface area (Å²) in [5, 5.41) is 24.4. The van der Waals surface area contributed by atoms with Crippen molar-refractivity contribution in [2.75, 3.05) is 19.8 Å². The highest BCUT2D eigenvalue weighted by molar-refractivity contribution is 5.86. The molecule has 3 atom stereocenters. The lowest BCUT2D eigenvalue weighted by Crippen LogP contribution is -2.66. The van der Waals surface area contributed by atoms with Crippen LogP contribution >= 0.6 is 0 Å². The number of para-hydroxylation sites is 1. The normalized spacial score (nSPS) is 23.0. The second kappa shape index (κ2) is 10.7. The molecule has 1 aromatic heterocycles. The highest BCUT2D eigenvalue weighted by Crippen LogP contribution is 2.35. The third-order valence-corrected chi connectivity index (χ3v) is 5.73. The van der Waals surface area contributed by atoms with Gasteiger partial charge in [-0.25, -0.2) is 0 Å². The van der Waals surface area contributed by atoms with Gasteiger partial charge in [0.25, 0.3) is 5.91 Å². The smallest absolute Gasteiger partial charge is 0.257 e. The molecule has 1 aliphatic rings. The average molecular weight is 441 g/mol. The second-order valence-corrected chi connectivity index (χ2v) is 7.84. The molecule has 0 radical (unpaired) electrons. The maximum Gasteiger partial charge on any atom is 0.257 e. The fourth-order valence-corrected chi connectivity index (χ4v) is 3.93. The Labute approximate surface area is 187 Å². The summed E-state index contributed by atoms with van der Waals surface area (Å²) in [6.45, 7) is 3.91. The molecule has 1 unspecified atom stereocenters. The van der Waals surface area contributed by atoms with Crippen molar-refractivity contribution in [2.45, 2.75) is 32.2 Å². The number of nitrogens with zero attached hydrogens (tertiary/aromatic N) is 1. The van der Waals surface area contributed by atoms with Gasteiger partial charge < -0.3 is 26.2 Å². The Kier molecular flexibility index (Phi) is 8.00. The summed E-state index contributed by atoms with van der Waals surface area (Å²) in [7, 11) is 0. The molecule has 0 spiro atoms. The van der Waals surface area contributed by atoms with E-state index in [2.05, 4.69) is 35.4 Å². The number of carbonyl (C=O) groups excluding carboxylic acids is 1. The topological polar surface area (TPSA) is 124 Å². The molecule has 1 aliphatic heterocycles. The van der Waals surface area contributed by atoms with Gasteiger partial charge in [-0.3, -0.25) is 9.63 Å². The van der Waals surface area contributed by atoms with E-state index in [4.69, 9.17) is 10.6 Å². The fourth-order valence-electron chi connectivity index (χ4n) is 3.93. The van der Waals surface area contributed by atoms with Crippen LogP contribution in [0.5, 0.6) is 0 Å². The molecule has 1 saturated heterocycles. The van der Waals surface area contributed by atoms with Crippen LogP contribution in [0.4, 0.5) is 0 Å². The van der Waals surface area contributed by atoms with Crippen LogP contribution in [0.1, 0.15) is 18.1 Å². The van der Waals surface area contributed by atoms with Gasteiger partial charge in [0.05, 0.1) is 25.7 Å². The van der Waals surface area contributed by atoms with Crippen LogP contribution in [-0.4, -0.2) is 57.7 Å². The number of hydrogen-bond donors (Lipinski definition) is 5. The van der Waals surface area contributed by atoms with Crippen LogP contribution in [0.2, 0.25) is 0 Å². The first kappa shape index (κ1) is 23.9. The van der Waals surface area contributed by atoms with E-state index in [-0.39, 0.29) is 19.8 Å². The number of rotatable bonds is 6. The summed E-state index contributed by atoms with van der Waals surface area (Å²) in [5.74, 6) is -1.14. The molecule has 8 heteroatoms. The van der Waals surface area contributed by atoms with Crippen molar-refractivity contribution in [2.24, 2.45) is 11.7 Å². The molecule has 0 saturated carbocycles. The quantitative estimate of drug-likeness (QED) is 0.397. The first-order valence-electron chi connectivity index (χ1n) is 10.8. The van der Waals surface area contributed by atoms with Gasteiger partial charge in [0.15, 0.2) is 5.66 Å². The third-order valence-electron chi connectivity index (χ3n) is 5.73. The molecule has 1 amide bonds. The zero-order valence-corrected chi connectivity index (χ0v) is 18.5. The molecule has 4 rings (SSSR count). The van der Waals surface area contributed by atoms with Crippen molar-refractivity contribution in [1.29, 1.82) is 0 Å². The van der Waals surface area contributed by atoms with Crippen molar-refractivity contribution in [1.82, 2.24) is 15.4 Å². The van der Waals surface area contributed by atoms with Gasteiger partial charge in [-0.15, -0.1) is 0 Å². The van der Waals surface area contributed by atoms with Crippen LogP contribution in [0.3, 0.4) is 0 Å². The SMILES string of the molecule is CCNC(=O)[C@]1(N)[C@H](CO)C(CO)ON1Cc1ccccc1.Cc1c[nH]c2ccccc12. The standard InChI is InChI=1S/C15H23N3O4.C9H9N/c1-2-17-14(21)15(16)12(9-19)13(10-20)22-18(15)8-11-6-4-3-5-7-11;1-7-6-10-9-5-3-2-4-8(7)9/h3-7,12-13,19-20H,2,8-10,16H2,1H3,(H,17,21);2-6,10H,1H3/t12-,13?,15+;/m1./s1. The van der Waals surface area contributed by atoms with Gasteiger partial charge in [-0.2, -0.15) is 5.06 Å². The molecule has 3 aromatic rings. The summed E-state index contributed by atoms with van der Waals surface area (Å²) >= 11 is 0. The minimum Gasteiger partial charge on any atom is -0.396 e. The summed E-state index contributed by atoms with van der Waals surface area (Å²) in [4.78, 5) is 21.3. The fraction of sp³-hybridized carbons (Fsp3) is 0.375. The zero-order chi connectivity index (χ0) is 23.1. The predicted octanol–water partition coefficient (Wildman–Crippen LogP) is 1.67. The maximum atomic E-state index is 12.4. The van der Waals surface area contributed by atoms with Crippen LogP contribution in [0.15, 0.2) is 60.8 Å². The van der Waals surface area contributed by atoms with E-state index in [1.54, 1.807) is 6.92 Å². The number of likely N-dealkylation sites (N-methyl/N-ethyl adjacent to an activating group) is 1. The van der Waals surface area contributed by atoms with Crippen molar-refractivity contribution in [3.63, 3.8) is 0 Å². The number of benzene rings is 2. The lowest BCUT2D eigenvalue weighted by atomic mass is 9.89. The van der Waals surface area contributed by atoms with Crippen molar-refractivity contribution < 1.29 is 19.8 Å². The summed E-state index contributed by atoms with van der Waals surface area (Å²) in [6.07, 6.45) is 1.31. The number of hydrogen-bond acceptors (Lipinski definition) is 6. The minimum atomic E-state index is -1.53. The van der Waals surface area contributed by atoms with E-state index in [0.717, 1.165) is 5.56 Å². The molecule has 32 heavy (non-hydrogen) atoms. The van der Waals surface area contributed by atoms with Gasteiger partial charge in [-0.1, -0.05) is 48.5 Å². The van der Waals surface area contributed by atoms with Gasteiger partial charge in [-0.05, 0) is 31.0 Å². The molecule has 6 N–H and O–H groups in total. The number of H-pyrrole nitrogens is 1. The van der Waals surface area contributed by atoms with Gasteiger partial charge in [0.2, 0.25) is 0 Å². The lowest BCUT2D eigenvalue weighted by molar-refractivity contribution is -0.201. The first-order valence-corrected chi connectivity index (χ1v) is 10.8. The van der Waals surface area contributed by atoms with Crippen LogP contribution in [0, 0.1) is 12.8 Å². The number of aryl methyl sites for hydroxylation is 1. The summed E-state index contributed by atoms with van der Waals surface area (Å²) < 4.78 is 0. The van der Waals surface area contributed by atoms with Gasteiger partial charge in [0.1, 0.15) is 6.10 Å². The second-order valence-electron chi connectivity index (χ2n) is 7.84. The van der Waals surface area contributed by atoms with E-state index in [9.17, 15) is 15.0 Å². The number of aliphatic hydroxyl groups excluding tert-OH is 2. The maximum absolute atomic E-state index is 12.4. The molecule has 8 nitrogen and oxygen atoms in total. The number of fused-ring (bicyclic) bond motifs is 1. The van der Waals surface area contributed by atoms with Crippen LogP contribution in [-0.2, 0) is 16.2 Å². The molecule has 0 aliphatic carbocycles. The lowest BCUT2D eigenvalue weighted by Gasteiger charge is -2.34. The molecule has 172 valence electrons. The Morgan fingerprint density at radius 2 is 1.84 bits per heavy atom. The van der Waals surface area contributed by atoms with E-state index in [1.807, 2.05) is 42.6 Å². The number of aliphatic hydroxyl groups is 2. The van der Waals surface area contributed by atoms with Gasteiger partial charge in [0, 0.05) is 23.6 Å². The highest BCUT2D eigenvalue weighted by Gasteiger charge is 2.57. The number of aromatic amines is 1. The van der Waals surface area contributed by atoms with E-state index in [1.165, 1.54) is 21.5 Å². The summed E-state index contributed by atoms with van der Waals surface area (Å²) in [5.41, 5.74) is 8.24. The van der Waals surface area contributed by atoms with Crippen LogP contribution in [0.25, 0.3) is 10.9 Å². The Bertz CT molecular complexity index is 1010. The van der Waals surface area contributed by atoms with Gasteiger partial charge >= 0.3 is 0 Å². The number of hydroxylamine groups is 2. The highest BCUT2D eigenvalue weighted by atomic mass is 16.7. The molecular formula is C24H32N4O4. The molecule has 1 fully saturated rings. The van der Waals surface area contributed by atoms with Crippen LogP contribution < -0.4 is 11.1 Å². The Hall–Kier alpha value is -2.75.